The van der Waals surface area contributed by atoms with Crippen LogP contribution >= 0.6 is 23.8 Å². The number of thiocarbonyl (C=S) groups is 1. The number of benzene rings is 1. The van der Waals surface area contributed by atoms with E-state index in [2.05, 4.69) is 52.7 Å². The summed E-state index contributed by atoms with van der Waals surface area (Å²) >= 11 is 11.7. The second-order valence-corrected chi connectivity index (χ2v) is 15.7. The van der Waals surface area contributed by atoms with Gasteiger partial charge in [0, 0.05) is 29.5 Å². The van der Waals surface area contributed by atoms with Crippen molar-refractivity contribution in [1.29, 1.82) is 0 Å². The number of aliphatic imine (C=N–C) groups is 1. The average Bonchev–Trinajstić information content (AvgIpc) is 3.08. The lowest BCUT2D eigenvalue weighted by Crippen LogP contribution is -2.50. The maximum Gasteiger partial charge on any atom is 0.193 e. The van der Waals surface area contributed by atoms with Gasteiger partial charge in [0.05, 0.1) is 16.3 Å². The van der Waals surface area contributed by atoms with Crippen molar-refractivity contribution in [2.24, 2.45) is 4.99 Å². The molecule has 2 aromatic rings. The van der Waals surface area contributed by atoms with Crippen LogP contribution in [0.1, 0.15) is 51.3 Å². The fraction of sp³-hybridized carbons (Fsp3) is 0.458. The Balaban J connectivity index is 1.83. The molecule has 0 amide bonds. The number of fused-ring (bicyclic) bond motifs is 1. The minimum Gasteiger partial charge on any atom is -0.407 e. The molecule has 0 fully saturated rings. The zero-order valence-corrected chi connectivity index (χ0v) is 21.8. The molecule has 31 heavy (non-hydrogen) atoms. The molecule has 0 radical (unpaired) electrons. The second kappa shape index (κ2) is 8.47. The zero-order chi connectivity index (χ0) is 23.2. The third kappa shape index (κ3) is 5.13. The van der Waals surface area contributed by atoms with Crippen LogP contribution in [0.4, 0.5) is 10.2 Å². The lowest BCUT2D eigenvalue weighted by atomic mass is 9.94. The molecule has 0 N–H and O–H groups in total. The van der Waals surface area contributed by atoms with Crippen LogP contribution in [0.5, 0.6) is 0 Å². The summed E-state index contributed by atoms with van der Waals surface area (Å²) in [5, 5.41) is 0.216. The van der Waals surface area contributed by atoms with Crippen LogP contribution in [-0.2, 0) is 17.3 Å². The van der Waals surface area contributed by atoms with Crippen molar-refractivity contribution in [3.63, 3.8) is 0 Å². The highest BCUT2D eigenvalue weighted by Crippen LogP contribution is 2.41. The van der Waals surface area contributed by atoms with Gasteiger partial charge in [0.25, 0.3) is 0 Å². The Morgan fingerprint density at radius 1 is 1.19 bits per heavy atom. The van der Waals surface area contributed by atoms with E-state index in [1.54, 1.807) is 18.3 Å². The highest BCUT2D eigenvalue weighted by molar-refractivity contribution is 7.80. The van der Waals surface area contributed by atoms with Crippen molar-refractivity contribution >= 4 is 48.5 Å². The van der Waals surface area contributed by atoms with Crippen molar-refractivity contribution in [2.45, 2.75) is 71.2 Å². The first kappa shape index (κ1) is 24.2. The highest BCUT2D eigenvalue weighted by atomic mass is 35.5. The van der Waals surface area contributed by atoms with Crippen LogP contribution in [0.15, 0.2) is 35.5 Å². The topological polar surface area (TPSA) is 34.5 Å². The molecular weight excluding hydrogens is 447 g/mol. The van der Waals surface area contributed by atoms with E-state index in [-0.39, 0.29) is 10.1 Å². The van der Waals surface area contributed by atoms with Crippen LogP contribution < -0.4 is 0 Å². The minimum atomic E-state index is -1.98. The first-order valence-corrected chi connectivity index (χ1v) is 14.1. The molecule has 166 valence electrons. The summed E-state index contributed by atoms with van der Waals surface area (Å²) < 4.78 is 20.2. The summed E-state index contributed by atoms with van der Waals surface area (Å²) in [5.74, 6) is 0.280. The molecule has 7 heteroatoms. The van der Waals surface area contributed by atoms with Crippen molar-refractivity contribution in [3.8, 4) is 0 Å². The number of rotatable bonds is 6. The normalized spacial score (nSPS) is 14.4. The van der Waals surface area contributed by atoms with Crippen LogP contribution in [0.3, 0.4) is 0 Å². The van der Waals surface area contributed by atoms with Crippen molar-refractivity contribution in [1.82, 2.24) is 4.98 Å². The molecule has 0 unspecified atom stereocenters. The van der Waals surface area contributed by atoms with E-state index < -0.39 is 19.7 Å². The van der Waals surface area contributed by atoms with E-state index in [0.717, 1.165) is 27.3 Å². The first-order valence-electron chi connectivity index (χ1n) is 10.4. The quantitative estimate of drug-likeness (QED) is 0.250. The third-order valence-corrected chi connectivity index (χ3v) is 11.6. The van der Waals surface area contributed by atoms with Gasteiger partial charge in [0.2, 0.25) is 0 Å². The van der Waals surface area contributed by atoms with Crippen molar-refractivity contribution in [2.75, 3.05) is 0 Å². The Morgan fingerprint density at radius 2 is 1.87 bits per heavy atom. The molecule has 0 aliphatic carbocycles. The molecular formula is C24H30ClFN2OSSi. The molecule has 3 nitrogen and oxygen atoms in total. The number of halogens is 2. The first-order chi connectivity index (χ1) is 14.2. The summed E-state index contributed by atoms with van der Waals surface area (Å²) in [4.78, 5) is 10.1. The molecule has 3 rings (SSSR count). The van der Waals surface area contributed by atoms with Gasteiger partial charge >= 0.3 is 0 Å². The summed E-state index contributed by atoms with van der Waals surface area (Å²) in [6.07, 6.45) is 2.90. The zero-order valence-electron chi connectivity index (χ0n) is 19.3. The van der Waals surface area contributed by atoms with Gasteiger partial charge in [0.15, 0.2) is 14.1 Å². The number of hydrogen-bond donors (Lipinski definition) is 0. The monoisotopic (exact) mass is 476 g/mol. The van der Waals surface area contributed by atoms with E-state index in [1.807, 2.05) is 6.07 Å². The van der Waals surface area contributed by atoms with Gasteiger partial charge in [-0.15, -0.1) is 0 Å². The molecule has 0 saturated heterocycles. The van der Waals surface area contributed by atoms with Crippen LogP contribution in [0.2, 0.25) is 23.2 Å². The van der Waals surface area contributed by atoms with Crippen LogP contribution in [-0.4, -0.2) is 29.5 Å². The molecule has 0 spiro atoms. The lowest BCUT2D eigenvalue weighted by Gasteiger charge is -2.42. The van der Waals surface area contributed by atoms with E-state index >= 15 is 0 Å². The molecule has 2 heterocycles. The van der Waals surface area contributed by atoms with Gasteiger partial charge < -0.3 is 4.43 Å². The van der Waals surface area contributed by atoms with Crippen LogP contribution in [0.25, 0.3) is 0 Å². The molecule has 0 atom stereocenters. The van der Waals surface area contributed by atoms with Crippen molar-refractivity contribution < 1.29 is 8.82 Å². The fourth-order valence-corrected chi connectivity index (χ4v) is 5.74. The molecule has 1 aromatic carbocycles. The van der Waals surface area contributed by atoms with Crippen LogP contribution in [0, 0.1) is 5.82 Å². The van der Waals surface area contributed by atoms with E-state index in [1.165, 1.54) is 6.07 Å². The van der Waals surface area contributed by atoms with Gasteiger partial charge in [-0.1, -0.05) is 50.7 Å². The molecule has 1 aliphatic heterocycles. The van der Waals surface area contributed by atoms with Gasteiger partial charge in [-0.3, -0.25) is 0 Å². The smallest absolute Gasteiger partial charge is 0.193 e. The molecule has 1 aromatic heterocycles. The second-order valence-electron chi connectivity index (χ2n) is 10.1. The summed E-state index contributed by atoms with van der Waals surface area (Å²) in [5.41, 5.74) is 3.35. The Bertz CT molecular complexity index is 1060. The fourth-order valence-electron chi connectivity index (χ4n) is 3.48. The maximum absolute atomic E-state index is 13.5. The highest BCUT2D eigenvalue weighted by Gasteiger charge is 2.44. The van der Waals surface area contributed by atoms with Gasteiger partial charge in [-0.05, 0) is 61.3 Å². The summed E-state index contributed by atoms with van der Waals surface area (Å²) in [6, 6.07) is 6.65. The van der Waals surface area contributed by atoms with Crippen molar-refractivity contribution in [3.05, 3.63) is 58.0 Å². The Kier molecular flexibility index (Phi) is 6.60. The summed E-state index contributed by atoms with van der Waals surface area (Å²) in [7, 11) is -1.98. The minimum absolute atomic E-state index is 0.107. The predicted molar refractivity (Wildman–Crippen MR) is 134 cm³/mol. The third-order valence-electron chi connectivity index (χ3n) is 6.28. The Hall–Kier alpha value is -1.47. The van der Waals surface area contributed by atoms with Gasteiger partial charge in [-0.25, -0.2) is 14.4 Å². The average molecular weight is 477 g/mol. The maximum atomic E-state index is 13.5. The molecule has 0 bridgehead atoms. The van der Waals surface area contributed by atoms with Gasteiger partial charge in [0.1, 0.15) is 5.82 Å². The number of pyridine rings is 1. The number of hydrogen-bond acceptors (Lipinski definition) is 4. The van der Waals surface area contributed by atoms with E-state index in [0.29, 0.717) is 18.7 Å². The number of aromatic nitrogens is 1. The predicted octanol–water partition coefficient (Wildman–Crippen LogP) is 7.26. The standard InChI is InChI=1S/C24H30ClFN2OSSi/c1-23(2,3)31(6,7)29-24(4,5)21-14-17-16(10-11-27-22(17)28-21)20(30)13-15-8-9-19(26)18(25)12-15/h8-12H,13-14H2,1-7H3. The van der Waals surface area contributed by atoms with E-state index in [9.17, 15) is 4.39 Å². The molecule has 1 aliphatic rings. The summed E-state index contributed by atoms with van der Waals surface area (Å²) in [6.45, 7) is 15.4. The Morgan fingerprint density at radius 3 is 2.48 bits per heavy atom. The lowest BCUT2D eigenvalue weighted by molar-refractivity contribution is 0.160. The largest absolute Gasteiger partial charge is 0.407 e. The molecule has 0 saturated carbocycles. The van der Waals surface area contributed by atoms with E-state index in [4.69, 9.17) is 33.2 Å². The SMILES string of the molecule is CC(C)(O[Si](C)(C)C(C)(C)C)C1=Nc2nccc(C(=S)Cc3ccc(F)c(Cl)c3)c2C1. The van der Waals surface area contributed by atoms with Gasteiger partial charge in [-0.2, -0.15) is 0 Å². The Labute approximate surface area is 196 Å². The number of nitrogens with zero attached hydrogens (tertiary/aromatic N) is 2.